The Balaban J connectivity index is 0.796. The molecule has 12 nitrogen and oxygen atoms in total. The summed E-state index contributed by atoms with van der Waals surface area (Å²) in [5.74, 6) is 0.741. The number of likely N-dealkylation sites (tertiary alicyclic amines) is 2. The average molecular weight is 890 g/mol. The maximum absolute atomic E-state index is 13.8. The SMILES string of the molecule is CC(C)(C)C(NC(=O)COCCOCCN1CCC(c2ccc(Oc3c(-c4ccc(F)cc4)sc4cc(O)ccc34)cc2)CC1)C(=O)N1CCC[C@H]1C(=O)NCc1ccc(C#N)cc1. The molecule has 3 N–H and O–H groups in total. The number of phenols is 1. The lowest BCUT2D eigenvalue weighted by molar-refractivity contribution is -0.144. The Morgan fingerprint density at radius 3 is 2.33 bits per heavy atom. The van der Waals surface area contributed by atoms with Crippen LogP contribution in [0.1, 0.15) is 69.1 Å². The summed E-state index contributed by atoms with van der Waals surface area (Å²) in [4.78, 5) is 44.8. The second-order valence-corrected chi connectivity index (χ2v) is 18.5. The van der Waals surface area contributed by atoms with Crippen LogP contribution in [0.5, 0.6) is 17.2 Å². The van der Waals surface area contributed by atoms with Crippen LogP contribution in [0.15, 0.2) is 91.0 Å². The van der Waals surface area contributed by atoms with Crippen LogP contribution < -0.4 is 15.4 Å². The molecule has 7 rings (SSSR count). The van der Waals surface area contributed by atoms with Crippen molar-refractivity contribution in [2.75, 3.05) is 52.6 Å². The first-order valence-electron chi connectivity index (χ1n) is 21.9. The number of piperidine rings is 1. The van der Waals surface area contributed by atoms with Crippen molar-refractivity contribution >= 4 is 39.1 Å². The molecule has 4 aromatic carbocycles. The molecule has 0 radical (unpaired) electrons. The number of hydrogen-bond donors (Lipinski definition) is 3. The van der Waals surface area contributed by atoms with E-state index in [1.54, 1.807) is 53.4 Å². The van der Waals surface area contributed by atoms with Gasteiger partial charge in [0.1, 0.15) is 36.0 Å². The molecule has 3 heterocycles. The van der Waals surface area contributed by atoms with Crippen molar-refractivity contribution in [3.63, 3.8) is 0 Å². The minimum atomic E-state index is -0.844. The first-order chi connectivity index (χ1) is 30.9. The summed E-state index contributed by atoms with van der Waals surface area (Å²) in [5.41, 5.74) is 2.89. The number of amides is 3. The molecule has 1 unspecified atom stereocenters. The first kappa shape index (κ1) is 46.2. The molecular weight excluding hydrogens is 834 g/mol. The van der Waals surface area contributed by atoms with Gasteiger partial charge in [-0.2, -0.15) is 5.26 Å². The number of thiophene rings is 1. The van der Waals surface area contributed by atoms with Crippen LogP contribution in [-0.2, 0) is 30.4 Å². The third-order valence-corrected chi connectivity index (χ3v) is 13.0. The Morgan fingerprint density at radius 2 is 1.62 bits per heavy atom. The van der Waals surface area contributed by atoms with Crippen LogP contribution in [0, 0.1) is 22.6 Å². The molecule has 336 valence electrons. The summed E-state index contributed by atoms with van der Waals surface area (Å²) in [6.45, 7) is 9.95. The van der Waals surface area contributed by atoms with Crippen LogP contribution in [0.4, 0.5) is 4.39 Å². The normalized spacial score (nSPS) is 16.4. The minimum absolute atomic E-state index is 0.178. The van der Waals surface area contributed by atoms with Gasteiger partial charge in [0.05, 0.1) is 36.3 Å². The summed E-state index contributed by atoms with van der Waals surface area (Å²) in [5, 5.41) is 25.8. The second-order valence-electron chi connectivity index (χ2n) is 17.5. The Kier molecular flexibility index (Phi) is 15.3. The van der Waals surface area contributed by atoms with Gasteiger partial charge in [-0.3, -0.25) is 14.4 Å². The molecule has 0 spiro atoms. The highest BCUT2D eigenvalue weighted by Gasteiger charge is 2.41. The van der Waals surface area contributed by atoms with E-state index in [1.807, 2.05) is 39.0 Å². The van der Waals surface area contributed by atoms with Gasteiger partial charge in [0, 0.05) is 29.7 Å². The van der Waals surface area contributed by atoms with Gasteiger partial charge < -0.3 is 39.8 Å². The number of fused-ring (bicyclic) bond motifs is 1. The number of carbonyl (C=O) groups is 3. The molecule has 2 aliphatic heterocycles. The monoisotopic (exact) mass is 889 g/mol. The number of nitrogens with one attached hydrogen (secondary N) is 2. The van der Waals surface area contributed by atoms with Crippen molar-refractivity contribution < 1.29 is 38.1 Å². The highest BCUT2D eigenvalue weighted by molar-refractivity contribution is 7.22. The molecule has 1 aromatic heterocycles. The lowest BCUT2D eigenvalue weighted by Crippen LogP contribution is -2.58. The van der Waals surface area contributed by atoms with Gasteiger partial charge in [-0.25, -0.2) is 4.39 Å². The van der Waals surface area contributed by atoms with E-state index >= 15 is 0 Å². The minimum Gasteiger partial charge on any atom is -0.508 e. The predicted molar refractivity (Wildman–Crippen MR) is 245 cm³/mol. The van der Waals surface area contributed by atoms with Gasteiger partial charge in [-0.15, -0.1) is 11.3 Å². The number of hydrogen-bond acceptors (Lipinski definition) is 10. The predicted octanol–water partition coefficient (Wildman–Crippen LogP) is 8.13. The third-order valence-electron chi connectivity index (χ3n) is 11.9. The van der Waals surface area contributed by atoms with Crippen LogP contribution in [0.3, 0.4) is 0 Å². The molecule has 0 bridgehead atoms. The smallest absolute Gasteiger partial charge is 0.246 e. The van der Waals surface area contributed by atoms with Gasteiger partial charge in [-0.1, -0.05) is 57.2 Å². The van der Waals surface area contributed by atoms with E-state index in [2.05, 4.69) is 33.7 Å². The molecule has 2 atom stereocenters. The van der Waals surface area contributed by atoms with Crippen LogP contribution >= 0.6 is 11.3 Å². The molecule has 0 saturated carbocycles. The van der Waals surface area contributed by atoms with Crippen LogP contribution in [0.2, 0.25) is 0 Å². The van der Waals surface area contributed by atoms with E-state index in [4.69, 9.17) is 19.5 Å². The zero-order valence-electron chi connectivity index (χ0n) is 36.6. The Hall–Kier alpha value is -5.85. The van der Waals surface area contributed by atoms with Crippen molar-refractivity contribution in [3.05, 3.63) is 114 Å². The zero-order chi connectivity index (χ0) is 45.2. The average Bonchev–Trinajstić information content (AvgIpc) is 3.93. The standard InChI is InChI=1S/C50H56FN5O7S/c1-50(2,3)47(49(60)56-22-4-5-42(56)48(59)53-31-34-8-6-33(30-52)7-9-34)54-44(58)32-62-28-27-61-26-25-55-23-20-36(21-24-55)35-12-17-40(18-13-35)63-45-41-19-16-39(57)29-43(41)64-46(45)37-10-14-38(51)15-11-37/h6-19,29,36,42,47,57H,4-5,20-28,31-32H2,1-3H3,(H,53,59)(H,54,58)/t42-,47?/m0/s1. The number of phenolic OH excluding ortho intramolecular Hbond substituents is 1. The fourth-order valence-electron chi connectivity index (χ4n) is 8.27. The number of ether oxygens (including phenoxy) is 3. The molecule has 2 fully saturated rings. The summed E-state index contributed by atoms with van der Waals surface area (Å²) in [6, 6.07) is 27.4. The van der Waals surface area contributed by atoms with Gasteiger partial charge in [-0.05, 0) is 121 Å². The van der Waals surface area contributed by atoms with Crippen LogP contribution in [-0.4, -0.2) is 97.3 Å². The lowest BCUT2D eigenvalue weighted by atomic mass is 9.85. The van der Waals surface area contributed by atoms with Crippen molar-refractivity contribution in [1.82, 2.24) is 20.4 Å². The van der Waals surface area contributed by atoms with E-state index in [9.17, 15) is 23.9 Å². The Labute approximate surface area is 377 Å². The van der Waals surface area contributed by atoms with Gasteiger partial charge in [0.2, 0.25) is 17.7 Å². The molecule has 2 aliphatic rings. The molecule has 64 heavy (non-hydrogen) atoms. The van der Waals surface area contributed by atoms with Crippen molar-refractivity contribution in [2.45, 2.75) is 71.0 Å². The Bertz CT molecular complexity index is 2420. The summed E-state index contributed by atoms with van der Waals surface area (Å²) in [7, 11) is 0. The van der Waals surface area contributed by atoms with E-state index in [0.717, 1.165) is 58.6 Å². The number of aromatic hydroxyl groups is 1. The molecule has 2 saturated heterocycles. The zero-order valence-corrected chi connectivity index (χ0v) is 37.4. The lowest BCUT2D eigenvalue weighted by Gasteiger charge is -2.35. The summed E-state index contributed by atoms with van der Waals surface area (Å²) < 4.78 is 32.5. The second kappa shape index (κ2) is 21.2. The molecule has 0 aliphatic carbocycles. The highest BCUT2D eigenvalue weighted by Crippen LogP contribution is 2.47. The van der Waals surface area contributed by atoms with E-state index < -0.39 is 23.4 Å². The molecule has 3 amide bonds. The van der Waals surface area contributed by atoms with Crippen LogP contribution in [0.25, 0.3) is 20.5 Å². The maximum atomic E-state index is 13.8. The van der Waals surface area contributed by atoms with Gasteiger partial charge in [0.25, 0.3) is 0 Å². The Morgan fingerprint density at radius 1 is 0.906 bits per heavy atom. The molecular formula is C50H56FN5O7S. The van der Waals surface area contributed by atoms with E-state index in [1.165, 1.54) is 29.0 Å². The topological polar surface area (TPSA) is 153 Å². The summed E-state index contributed by atoms with van der Waals surface area (Å²) >= 11 is 1.50. The third kappa shape index (κ3) is 11.8. The van der Waals surface area contributed by atoms with Crippen molar-refractivity contribution in [3.8, 4) is 33.8 Å². The molecule has 14 heteroatoms. The number of nitriles is 1. The van der Waals surface area contributed by atoms with Gasteiger partial charge >= 0.3 is 0 Å². The largest absolute Gasteiger partial charge is 0.508 e. The van der Waals surface area contributed by atoms with Gasteiger partial charge in [0.15, 0.2) is 5.75 Å². The number of carbonyl (C=O) groups excluding carboxylic acids is 3. The van der Waals surface area contributed by atoms with Crippen molar-refractivity contribution in [1.29, 1.82) is 5.26 Å². The number of nitrogens with zero attached hydrogens (tertiary/aromatic N) is 3. The number of benzene rings is 4. The number of halogens is 1. The van der Waals surface area contributed by atoms with E-state index in [-0.39, 0.29) is 43.1 Å². The van der Waals surface area contributed by atoms with E-state index in [0.29, 0.717) is 55.6 Å². The first-order valence-corrected chi connectivity index (χ1v) is 22.7. The fourth-order valence-corrected chi connectivity index (χ4v) is 9.44. The fraction of sp³-hybridized carbons (Fsp3) is 0.400. The highest BCUT2D eigenvalue weighted by atomic mass is 32.1. The molecule has 5 aromatic rings. The quantitative estimate of drug-likeness (QED) is 0.0786. The summed E-state index contributed by atoms with van der Waals surface area (Å²) in [6.07, 6.45) is 3.27. The van der Waals surface area contributed by atoms with Crippen molar-refractivity contribution in [2.24, 2.45) is 5.41 Å². The number of rotatable bonds is 17. The maximum Gasteiger partial charge on any atom is 0.246 e.